The number of amides is 1. The third kappa shape index (κ3) is 3.32. The Kier molecular flexibility index (Phi) is 3.95. The van der Waals surface area contributed by atoms with Crippen molar-refractivity contribution in [3.63, 3.8) is 0 Å². The molecule has 1 amide bonds. The van der Waals surface area contributed by atoms with Crippen LogP contribution in [0.5, 0.6) is 0 Å². The van der Waals surface area contributed by atoms with Crippen LogP contribution in [0.15, 0.2) is 48.5 Å². The van der Waals surface area contributed by atoms with Gasteiger partial charge < -0.3 is 0 Å². The van der Waals surface area contributed by atoms with Crippen molar-refractivity contribution in [3.8, 4) is 0 Å². The number of nitrogens with zero attached hydrogens (tertiary/aromatic N) is 1. The quantitative estimate of drug-likeness (QED) is 0.661. The van der Waals surface area contributed by atoms with Gasteiger partial charge in [-0.25, -0.2) is 0 Å². The van der Waals surface area contributed by atoms with Crippen molar-refractivity contribution in [1.29, 1.82) is 0 Å². The van der Waals surface area contributed by atoms with Gasteiger partial charge in [0, 0.05) is 17.7 Å². The van der Waals surface area contributed by atoms with Gasteiger partial charge in [-0.15, -0.1) is 0 Å². The summed E-state index contributed by atoms with van der Waals surface area (Å²) in [7, 11) is 0. The molecule has 6 heteroatoms. The lowest BCUT2D eigenvalue weighted by molar-refractivity contribution is -0.384. The Balaban J connectivity index is 1.99. The number of hydrazine groups is 1. The number of carbonyl (C=O) groups is 1. The zero-order valence-electron chi connectivity index (χ0n) is 10.8. The number of rotatable bonds is 4. The summed E-state index contributed by atoms with van der Waals surface area (Å²) in [5, 5.41) is 10.5. The Hall–Kier alpha value is -2.89. The molecule has 2 rings (SSSR count). The zero-order chi connectivity index (χ0) is 14.5. The molecule has 0 saturated carbocycles. The van der Waals surface area contributed by atoms with E-state index < -0.39 is 4.92 Å². The lowest BCUT2D eigenvalue weighted by atomic mass is 10.2. The first kappa shape index (κ1) is 13.5. The van der Waals surface area contributed by atoms with Crippen LogP contribution in [0.1, 0.15) is 15.9 Å². The lowest BCUT2D eigenvalue weighted by Crippen LogP contribution is -2.29. The molecule has 0 spiro atoms. The number of hydrogen-bond donors (Lipinski definition) is 2. The van der Waals surface area contributed by atoms with Crippen LogP contribution in [0, 0.1) is 17.0 Å². The maximum Gasteiger partial charge on any atom is 0.269 e. The second-order valence-corrected chi connectivity index (χ2v) is 4.25. The smallest absolute Gasteiger partial charge is 0.269 e. The zero-order valence-corrected chi connectivity index (χ0v) is 10.8. The van der Waals surface area contributed by atoms with Gasteiger partial charge in [0.2, 0.25) is 0 Å². The van der Waals surface area contributed by atoms with E-state index in [1.165, 1.54) is 24.3 Å². The summed E-state index contributed by atoms with van der Waals surface area (Å²) < 4.78 is 0. The number of carbonyl (C=O) groups excluding carboxylic acids is 1. The predicted octanol–water partition coefficient (Wildman–Crippen LogP) is 2.66. The summed E-state index contributed by atoms with van der Waals surface area (Å²) in [6.07, 6.45) is 0. The molecule has 0 saturated heterocycles. The van der Waals surface area contributed by atoms with Crippen LogP contribution in [-0.2, 0) is 0 Å². The van der Waals surface area contributed by atoms with E-state index in [4.69, 9.17) is 0 Å². The molecule has 0 bridgehead atoms. The molecule has 2 aromatic carbocycles. The number of nitrogens with one attached hydrogen (secondary N) is 2. The van der Waals surface area contributed by atoms with Gasteiger partial charge in [-0.2, -0.15) is 0 Å². The van der Waals surface area contributed by atoms with Gasteiger partial charge in [0.15, 0.2) is 0 Å². The van der Waals surface area contributed by atoms with Gasteiger partial charge in [0.05, 0.1) is 10.6 Å². The van der Waals surface area contributed by atoms with Crippen molar-refractivity contribution in [3.05, 3.63) is 69.8 Å². The Morgan fingerprint density at radius 3 is 2.45 bits per heavy atom. The van der Waals surface area contributed by atoms with Crippen molar-refractivity contribution in [2.45, 2.75) is 6.92 Å². The number of aryl methyl sites for hydroxylation is 1. The number of non-ortho nitro benzene ring substituents is 1. The average Bonchev–Trinajstić information content (AvgIpc) is 2.45. The molecule has 0 aromatic heterocycles. The number of benzene rings is 2. The summed E-state index contributed by atoms with van der Waals surface area (Å²) >= 11 is 0. The van der Waals surface area contributed by atoms with Crippen LogP contribution in [0.4, 0.5) is 11.4 Å². The first-order chi connectivity index (χ1) is 9.56. The fourth-order valence-electron chi connectivity index (χ4n) is 1.66. The SMILES string of the molecule is Cc1cccc(NNC(=O)c2ccc([N+](=O)[O-])cc2)c1. The highest BCUT2D eigenvalue weighted by Gasteiger charge is 2.08. The van der Waals surface area contributed by atoms with E-state index in [1.807, 2.05) is 31.2 Å². The maximum absolute atomic E-state index is 11.8. The second-order valence-electron chi connectivity index (χ2n) is 4.25. The summed E-state index contributed by atoms with van der Waals surface area (Å²) in [6.45, 7) is 1.95. The molecule has 2 aromatic rings. The molecule has 0 heterocycles. The molecule has 0 aliphatic carbocycles. The third-order valence-electron chi connectivity index (χ3n) is 2.68. The molecule has 6 nitrogen and oxygen atoms in total. The Labute approximate surface area is 115 Å². The number of nitro benzene ring substituents is 1. The van der Waals surface area contributed by atoms with E-state index >= 15 is 0 Å². The molecule has 0 unspecified atom stereocenters. The van der Waals surface area contributed by atoms with Crippen LogP contribution >= 0.6 is 0 Å². The fraction of sp³-hybridized carbons (Fsp3) is 0.0714. The fourth-order valence-corrected chi connectivity index (χ4v) is 1.66. The highest BCUT2D eigenvalue weighted by Crippen LogP contribution is 2.12. The van der Waals surface area contributed by atoms with Crippen molar-refractivity contribution in [2.24, 2.45) is 0 Å². The Morgan fingerprint density at radius 2 is 1.85 bits per heavy atom. The first-order valence-corrected chi connectivity index (χ1v) is 5.94. The minimum Gasteiger partial charge on any atom is -0.298 e. The molecule has 20 heavy (non-hydrogen) atoms. The molecule has 0 aliphatic rings. The van der Waals surface area contributed by atoms with Crippen molar-refractivity contribution in [1.82, 2.24) is 5.43 Å². The topological polar surface area (TPSA) is 84.3 Å². The van der Waals surface area contributed by atoms with Crippen LogP contribution in [-0.4, -0.2) is 10.8 Å². The van der Waals surface area contributed by atoms with E-state index in [0.717, 1.165) is 11.3 Å². The van der Waals surface area contributed by atoms with Crippen molar-refractivity contribution in [2.75, 3.05) is 5.43 Å². The first-order valence-electron chi connectivity index (χ1n) is 5.94. The normalized spacial score (nSPS) is 9.85. The monoisotopic (exact) mass is 271 g/mol. The predicted molar refractivity (Wildman–Crippen MR) is 75.4 cm³/mol. The summed E-state index contributed by atoms with van der Waals surface area (Å²) in [4.78, 5) is 21.9. The van der Waals surface area contributed by atoms with E-state index in [-0.39, 0.29) is 11.6 Å². The second kappa shape index (κ2) is 5.83. The Morgan fingerprint density at radius 1 is 1.15 bits per heavy atom. The minimum absolute atomic E-state index is 0.0480. The van der Waals surface area contributed by atoms with Gasteiger partial charge in [0.1, 0.15) is 0 Å². The van der Waals surface area contributed by atoms with E-state index in [2.05, 4.69) is 10.9 Å². The summed E-state index contributed by atoms with van der Waals surface area (Å²) in [5.74, 6) is -0.360. The van der Waals surface area contributed by atoms with Crippen LogP contribution < -0.4 is 10.9 Å². The van der Waals surface area contributed by atoms with Crippen molar-refractivity contribution < 1.29 is 9.72 Å². The number of nitro groups is 1. The molecule has 102 valence electrons. The van der Waals surface area contributed by atoms with Gasteiger partial charge in [-0.05, 0) is 36.8 Å². The summed E-state index contributed by atoms with van der Waals surface area (Å²) in [5.41, 5.74) is 7.45. The van der Waals surface area contributed by atoms with E-state index in [0.29, 0.717) is 5.56 Å². The molecular weight excluding hydrogens is 258 g/mol. The molecule has 0 radical (unpaired) electrons. The van der Waals surface area contributed by atoms with Crippen LogP contribution in [0.3, 0.4) is 0 Å². The molecule has 0 atom stereocenters. The molecule has 0 aliphatic heterocycles. The molecule has 0 fully saturated rings. The highest BCUT2D eigenvalue weighted by molar-refractivity contribution is 5.95. The highest BCUT2D eigenvalue weighted by atomic mass is 16.6. The van der Waals surface area contributed by atoms with Gasteiger partial charge in [0.25, 0.3) is 11.6 Å². The molecule has 2 N–H and O–H groups in total. The maximum atomic E-state index is 11.8. The van der Waals surface area contributed by atoms with Gasteiger partial charge >= 0.3 is 0 Å². The third-order valence-corrected chi connectivity index (χ3v) is 2.68. The van der Waals surface area contributed by atoms with Gasteiger partial charge in [-0.3, -0.25) is 25.8 Å². The largest absolute Gasteiger partial charge is 0.298 e. The van der Waals surface area contributed by atoms with E-state index in [9.17, 15) is 14.9 Å². The van der Waals surface area contributed by atoms with Crippen molar-refractivity contribution >= 4 is 17.3 Å². The number of anilines is 1. The standard InChI is InChI=1S/C14H13N3O3/c1-10-3-2-4-12(9-10)15-16-14(18)11-5-7-13(8-6-11)17(19)20/h2-9,15H,1H3,(H,16,18). The number of hydrogen-bond acceptors (Lipinski definition) is 4. The minimum atomic E-state index is -0.507. The lowest BCUT2D eigenvalue weighted by Gasteiger charge is -2.08. The van der Waals surface area contributed by atoms with Crippen LogP contribution in [0.25, 0.3) is 0 Å². The average molecular weight is 271 g/mol. The van der Waals surface area contributed by atoms with Gasteiger partial charge in [-0.1, -0.05) is 12.1 Å². The Bertz CT molecular complexity index is 638. The van der Waals surface area contributed by atoms with Crippen LogP contribution in [0.2, 0.25) is 0 Å². The van der Waals surface area contributed by atoms with E-state index in [1.54, 1.807) is 0 Å². The molecular formula is C14H13N3O3. The summed E-state index contributed by atoms with van der Waals surface area (Å²) in [6, 6.07) is 12.9.